The van der Waals surface area contributed by atoms with Crippen LogP contribution in [-0.4, -0.2) is 25.8 Å². The van der Waals surface area contributed by atoms with Crippen LogP contribution in [0.25, 0.3) is 0 Å². The lowest BCUT2D eigenvalue weighted by atomic mass is 9.83. The van der Waals surface area contributed by atoms with Crippen LogP contribution >= 0.6 is 0 Å². The smallest absolute Gasteiger partial charge is 0.0701 e. The molecule has 0 aliphatic heterocycles. The number of rotatable bonds is 5. The maximum Gasteiger partial charge on any atom is 0.0701 e. The van der Waals surface area contributed by atoms with Crippen molar-refractivity contribution in [3.8, 4) is 0 Å². The van der Waals surface area contributed by atoms with E-state index in [1.54, 1.807) is 7.11 Å². The normalized spacial score (nSPS) is 17.1. The first-order chi connectivity index (χ1) is 5.93. The Morgan fingerprint density at radius 2 is 1.85 bits per heavy atom. The van der Waals surface area contributed by atoms with Gasteiger partial charge in [0.25, 0.3) is 0 Å². The summed E-state index contributed by atoms with van der Waals surface area (Å²) in [5.74, 6) is 0. The predicted octanol–water partition coefficient (Wildman–Crippen LogP) is 2.44. The molecule has 0 radical (unpaired) electrons. The van der Waals surface area contributed by atoms with E-state index in [9.17, 15) is 0 Å². The Labute approximate surface area is 83.1 Å². The minimum atomic E-state index is 0.255. The zero-order valence-electron chi connectivity index (χ0n) is 9.98. The molecule has 13 heavy (non-hydrogen) atoms. The summed E-state index contributed by atoms with van der Waals surface area (Å²) in [5, 5.41) is 3.54. The number of hydrogen-bond donors (Lipinski definition) is 1. The van der Waals surface area contributed by atoms with Crippen LogP contribution in [0.2, 0.25) is 0 Å². The second kappa shape index (κ2) is 5.61. The van der Waals surface area contributed by atoms with Crippen molar-refractivity contribution in [1.29, 1.82) is 0 Å². The van der Waals surface area contributed by atoms with E-state index in [0.717, 1.165) is 6.54 Å². The van der Waals surface area contributed by atoms with Crippen LogP contribution in [0.3, 0.4) is 0 Å². The molecule has 2 heteroatoms. The van der Waals surface area contributed by atoms with Crippen molar-refractivity contribution in [1.82, 2.24) is 5.32 Å². The van der Waals surface area contributed by atoms with Crippen molar-refractivity contribution in [3.63, 3.8) is 0 Å². The molecule has 0 aliphatic carbocycles. The number of nitrogens with one attached hydrogen (secondary N) is 1. The van der Waals surface area contributed by atoms with Crippen LogP contribution in [-0.2, 0) is 4.74 Å². The highest BCUT2D eigenvalue weighted by atomic mass is 16.5. The number of ether oxygens (including phenoxy) is 1. The third-order valence-electron chi connectivity index (χ3n) is 2.39. The molecule has 2 atom stereocenters. The first kappa shape index (κ1) is 12.9. The van der Waals surface area contributed by atoms with Gasteiger partial charge in [0, 0.05) is 13.2 Å². The van der Waals surface area contributed by atoms with Crippen LogP contribution in [0, 0.1) is 5.41 Å². The van der Waals surface area contributed by atoms with Crippen molar-refractivity contribution in [2.45, 2.75) is 53.2 Å². The van der Waals surface area contributed by atoms with Gasteiger partial charge >= 0.3 is 0 Å². The van der Waals surface area contributed by atoms with Gasteiger partial charge in [-0.25, -0.2) is 0 Å². The third-order valence-corrected chi connectivity index (χ3v) is 2.39. The lowest BCUT2D eigenvalue weighted by Gasteiger charge is -2.35. The fourth-order valence-electron chi connectivity index (χ4n) is 1.61. The summed E-state index contributed by atoms with van der Waals surface area (Å²) in [6.07, 6.45) is 1.44. The SMILES string of the molecule is CCCNC(C(C)OC)C(C)(C)C. The molecule has 0 aromatic carbocycles. The molecule has 0 saturated carbocycles. The zero-order valence-corrected chi connectivity index (χ0v) is 9.98. The van der Waals surface area contributed by atoms with Gasteiger partial charge < -0.3 is 10.1 Å². The highest BCUT2D eigenvalue weighted by Gasteiger charge is 2.28. The molecule has 80 valence electrons. The first-order valence-corrected chi connectivity index (χ1v) is 5.19. The van der Waals surface area contributed by atoms with Crippen LogP contribution in [0.5, 0.6) is 0 Å². The Morgan fingerprint density at radius 1 is 1.31 bits per heavy atom. The maximum atomic E-state index is 5.37. The van der Waals surface area contributed by atoms with E-state index in [2.05, 4.69) is 39.9 Å². The summed E-state index contributed by atoms with van der Waals surface area (Å²) in [7, 11) is 1.77. The predicted molar refractivity (Wildman–Crippen MR) is 58.0 cm³/mol. The Hall–Kier alpha value is -0.0800. The molecule has 0 rings (SSSR count). The fourth-order valence-corrected chi connectivity index (χ4v) is 1.61. The van der Waals surface area contributed by atoms with Gasteiger partial charge in [0.1, 0.15) is 0 Å². The van der Waals surface area contributed by atoms with Crippen LogP contribution in [0.15, 0.2) is 0 Å². The molecule has 0 bridgehead atoms. The molecule has 0 spiro atoms. The van der Waals surface area contributed by atoms with Gasteiger partial charge in [0.2, 0.25) is 0 Å². The minimum absolute atomic E-state index is 0.255. The number of hydrogen-bond acceptors (Lipinski definition) is 2. The Morgan fingerprint density at radius 3 is 2.15 bits per heavy atom. The number of methoxy groups -OCH3 is 1. The van der Waals surface area contributed by atoms with Crippen molar-refractivity contribution in [3.05, 3.63) is 0 Å². The lowest BCUT2D eigenvalue weighted by Crippen LogP contribution is -2.48. The van der Waals surface area contributed by atoms with Gasteiger partial charge in [0.15, 0.2) is 0 Å². The second-order valence-electron chi connectivity index (χ2n) is 4.74. The topological polar surface area (TPSA) is 21.3 Å². The zero-order chi connectivity index (χ0) is 10.5. The molecular weight excluding hydrogens is 162 g/mol. The maximum absolute atomic E-state index is 5.37. The molecular formula is C11H25NO. The van der Waals surface area contributed by atoms with Crippen molar-refractivity contribution >= 4 is 0 Å². The molecule has 0 aromatic rings. The van der Waals surface area contributed by atoms with E-state index in [1.807, 2.05) is 0 Å². The average Bonchev–Trinajstić information content (AvgIpc) is 2.02. The van der Waals surface area contributed by atoms with Crippen molar-refractivity contribution in [2.75, 3.05) is 13.7 Å². The Bertz CT molecular complexity index is 129. The lowest BCUT2D eigenvalue weighted by molar-refractivity contribution is 0.0419. The molecule has 0 amide bonds. The highest BCUT2D eigenvalue weighted by Crippen LogP contribution is 2.22. The monoisotopic (exact) mass is 187 g/mol. The Balaban J connectivity index is 4.19. The average molecular weight is 187 g/mol. The molecule has 1 N–H and O–H groups in total. The molecule has 0 fully saturated rings. The van der Waals surface area contributed by atoms with Crippen LogP contribution in [0.4, 0.5) is 0 Å². The third kappa shape index (κ3) is 4.63. The largest absolute Gasteiger partial charge is 0.380 e. The Kier molecular flexibility index (Phi) is 5.57. The fraction of sp³-hybridized carbons (Fsp3) is 1.00. The summed E-state index contributed by atoms with van der Waals surface area (Å²) < 4.78 is 5.37. The van der Waals surface area contributed by atoms with E-state index in [0.29, 0.717) is 6.04 Å². The van der Waals surface area contributed by atoms with E-state index >= 15 is 0 Å². The standard InChI is InChI=1S/C11H25NO/c1-7-8-12-10(9(2)13-6)11(3,4)5/h9-10,12H,7-8H2,1-6H3. The van der Waals surface area contributed by atoms with E-state index in [4.69, 9.17) is 4.74 Å². The van der Waals surface area contributed by atoms with Gasteiger partial charge in [-0.05, 0) is 25.3 Å². The molecule has 0 aromatic heterocycles. The second-order valence-corrected chi connectivity index (χ2v) is 4.74. The van der Waals surface area contributed by atoms with Gasteiger partial charge in [-0.15, -0.1) is 0 Å². The van der Waals surface area contributed by atoms with Crippen LogP contribution < -0.4 is 5.32 Å². The van der Waals surface area contributed by atoms with Gasteiger partial charge in [-0.1, -0.05) is 27.7 Å². The van der Waals surface area contributed by atoms with Crippen molar-refractivity contribution < 1.29 is 4.74 Å². The van der Waals surface area contributed by atoms with E-state index in [-0.39, 0.29) is 11.5 Å². The summed E-state index contributed by atoms with van der Waals surface area (Å²) >= 11 is 0. The van der Waals surface area contributed by atoms with E-state index in [1.165, 1.54) is 6.42 Å². The first-order valence-electron chi connectivity index (χ1n) is 5.19. The molecule has 2 nitrogen and oxygen atoms in total. The van der Waals surface area contributed by atoms with Crippen LogP contribution in [0.1, 0.15) is 41.0 Å². The van der Waals surface area contributed by atoms with Gasteiger partial charge in [-0.3, -0.25) is 0 Å². The minimum Gasteiger partial charge on any atom is -0.380 e. The molecule has 2 unspecified atom stereocenters. The summed E-state index contributed by atoms with van der Waals surface area (Å²) in [5.41, 5.74) is 0.255. The highest BCUT2D eigenvalue weighted by molar-refractivity contribution is 4.85. The summed E-state index contributed by atoms with van der Waals surface area (Å²) in [4.78, 5) is 0. The summed E-state index contributed by atoms with van der Waals surface area (Å²) in [6.45, 7) is 12.1. The summed E-state index contributed by atoms with van der Waals surface area (Å²) in [6, 6.07) is 0.428. The van der Waals surface area contributed by atoms with Crippen molar-refractivity contribution in [2.24, 2.45) is 5.41 Å². The van der Waals surface area contributed by atoms with Gasteiger partial charge in [-0.2, -0.15) is 0 Å². The molecule has 0 heterocycles. The van der Waals surface area contributed by atoms with E-state index < -0.39 is 0 Å². The van der Waals surface area contributed by atoms with Gasteiger partial charge in [0.05, 0.1) is 6.10 Å². The quantitative estimate of drug-likeness (QED) is 0.714. The molecule has 0 aliphatic rings. The molecule has 0 saturated heterocycles.